The molecule has 2 rings (SSSR count). The zero-order valence-corrected chi connectivity index (χ0v) is 18.4. The van der Waals surface area contributed by atoms with Crippen molar-refractivity contribution in [2.75, 3.05) is 38.5 Å². The molecule has 0 fully saturated rings. The van der Waals surface area contributed by atoms with Crippen LogP contribution >= 0.6 is 34.8 Å². The lowest BCUT2D eigenvalue weighted by Gasteiger charge is -2.12. The molecule has 1 aromatic heterocycles. The van der Waals surface area contributed by atoms with Gasteiger partial charge < -0.3 is 20.3 Å². The highest BCUT2D eigenvalue weighted by molar-refractivity contribution is 7.92. The fraction of sp³-hybridized carbons (Fsp3) is 0.333. The van der Waals surface area contributed by atoms with Gasteiger partial charge in [0.25, 0.3) is 15.9 Å². The Morgan fingerprint density at radius 2 is 1.89 bits per heavy atom. The molecular weight excluding hydrogens is 455 g/mol. The van der Waals surface area contributed by atoms with E-state index in [9.17, 15) is 8.42 Å². The van der Waals surface area contributed by atoms with Crippen LogP contribution in [0.2, 0.25) is 10.0 Å². The second kappa shape index (κ2) is 13.6. The number of sulfonamides is 1. The van der Waals surface area contributed by atoms with Gasteiger partial charge in [0.2, 0.25) is 11.7 Å². The van der Waals surface area contributed by atoms with Gasteiger partial charge in [-0.1, -0.05) is 29.3 Å². The summed E-state index contributed by atoms with van der Waals surface area (Å²) >= 11 is 16.4. The zero-order valence-electron chi connectivity index (χ0n) is 15.3. The summed E-state index contributed by atoms with van der Waals surface area (Å²) in [6.07, 6.45) is 2.72. The van der Waals surface area contributed by atoms with Gasteiger partial charge in [-0.3, -0.25) is 4.72 Å². The maximum Gasteiger partial charge on any atom is 0.264 e. The van der Waals surface area contributed by atoms with Crippen LogP contribution < -0.4 is 19.9 Å². The topological polar surface area (TPSA) is 137 Å². The molecule has 4 N–H and O–H groups in total. The number of aliphatic hydroxyl groups is 1. The van der Waals surface area contributed by atoms with Crippen LogP contribution in [0.5, 0.6) is 11.8 Å². The standard InChI is InChI=1S/C13H14Cl2N4O4S.CH3Cl.CH4O/c1-22-13-12(17-7-10(18-13)23-6-5-16)19-24(20,21)9-4-2-3-8(14)11(9)15;2*1-2/h2-4,7H,5-6,16H2,1H3,(H,17,19);1H3;2H,1H3. The number of ether oxygens (including phenoxy) is 2. The second-order valence-corrected chi connectivity index (χ2v) is 6.80. The van der Waals surface area contributed by atoms with Gasteiger partial charge in [0.1, 0.15) is 11.5 Å². The van der Waals surface area contributed by atoms with E-state index in [1.165, 1.54) is 37.9 Å². The number of anilines is 1. The van der Waals surface area contributed by atoms with Crippen LogP contribution in [0.1, 0.15) is 0 Å². The fourth-order valence-corrected chi connectivity index (χ4v) is 3.45. The number of rotatable bonds is 7. The molecule has 158 valence electrons. The number of nitrogens with zero attached hydrogens (tertiary/aromatic N) is 2. The quantitative estimate of drug-likeness (QED) is 0.519. The molecule has 1 aromatic carbocycles. The average Bonchev–Trinajstić information content (AvgIpc) is 2.71. The Balaban J connectivity index is 0.00000171. The first-order chi connectivity index (χ1) is 13.4. The molecule has 0 aliphatic heterocycles. The van der Waals surface area contributed by atoms with Crippen molar-refractivity contribution in [2.24, 2.45) is 5.73 Å². The summed E-state index contributed by atoms with van der Waals surface area (Å²) < 4.78 is 37.4. The first-order valence-corrected chi connectivity index (χ1v) is 10.4. The van der Waals surface area contributed by atoms with Crippen molar-refractivity contribution >= 4 is 50.6 Å². The third-order valence-electron chi connectivity index (χ3n) is 2.72. The minimum atomic E-state index is -4.04. The van der Waals surface area contributed by atoms with Gasteiger partial charge in [0, 0.05) is 20.0 Å². The van der Waals surface area contributed by atoms with Crippen molar-refractivity contribution in [1.29, 1.82) is 0 Å². The molecule has 0 aliphatic carbocycles. The Hall–Kier alpha value is -1.56. The lowest BCUT2D eigenvalue weighted by atomic mass is 10.4. The number of alkyl halides is 1. The van der Waals surface area contributed by atoms with Crippen molar-refractivity contribution in [3.05, 3.63) is 34.4 Å². The van der Waals surface area contributed by atoms with Crippen LogP contribution in [-0.4, -0.2) is 57.2 Å². The summed E-state index contributed by atoms with van der Waals surface area (Å²) in [5.74, 6) is -0.0269. The molecule has 0 spiro atoms. The summed E-state index contributed by atoms with van der Waals surface area (Å²) in [7, 11) is -1.72. The monoisotopic (exact) mass is 474 g/mol. The summed E-state index contributed by atoms with van der Waals surface area (Å²) in [5.41, 5.74) is 5.33. The van der Waals surface area contributed by atoms with Gasteiger partial charge >= 0.3 is 0 Å². The number of hydrogen-bond donors (Lipinski definition) is 3. The molecule has 2 aromatic rings. The van der Waals surface area contributed by atoms with Gasteiger partial charge in [0.15, 0.2) is 0 Å². The number of benzene rings is 1. The molecule has 0 atom stereocenters. The lowest BCUT2D eigenvalue weighted by molar-refractivity contribution is 0.305. The molecule has 1 heterocycles. The Kier molecular flexibility index (Phi) is 12.8. The third-order valence-corrected chi connectivity index (χ3v) is 5.03. The van der Waals surface area contributed by atoms with Crippen LogP contribution in [0.4, 0.5) is 5.82 Å². The van der Waals surface area contributed by atoms with E-state index >= 15 is 0 Å². The zero-order chi connectivity index (χ0) is 21.7. The molecule has 13 heteroatoms. The normalized spacial score (nSPS) is 10.0. The average molecular weight is 476 g/mol. The van der Waals surface area contributed by atoms with E-state index in [1.54, 1.807) is 0 Å². The Morgan fingerprint density at radius 1 is 1.25 bits per heavy atom. The van der Waals surface area contributed by atoms with Gasteiger partial charge in [-0.2, -0.15) is 4.98 Å². The molecule has 0 radical (unpaired) electrons. The van der Waals surface area contributed by atoms with Gasteiger partial charge in [0.05, 0.1) is 23.4 Å². The maximum atomic E-state index is 12.5. The maximum absolute atomic E-state index is 12.5. The smallest absolute Gasteiger partial charge is 0.264 e. The highest BCUT2D eigenvalue weighted by Crippen LogP contribution is 2.31. The van der Waals surface area contributed by atoms with E-state index < -0.39 is 10.0 Å². The van der Waals surface area contributed by atoms with Crippen molar-refractivity contribution < 1.29 is 23.0 Å². The number of hydrogen-bond acceptors (Lipinski definition) is 8. The van der Waals surface area contributed by atoms with Crippen molar-refractivity contribution in [2.45, 2.75) is 4.90 Å². The Morgan fingerprint density at radius 3 is 2.46 bits per heavy atom. The third kappa shape index (κ3) is 7.46. The molecule has 0 saturated carbocycles. The van der Waals surface area contributed by atoms with Gasteiger partial charge in [-0.05, 0) is 12.1 Å². The Labute approximate surface area is 178 Å². The van der Waals surface area contributed by atoms with E-state index in [0.29, 0.717) is 6.54 Å². The number of nitrogens with one attached hydrogen (secondary N) is 1. The molecule has 28 heavy (non-hydrogen) atoms. The van der Waals surface area contributed by atoms with E-state index in [-0.39, 0.29) is 39.1 Å². The van der Waals surface area contributed by atoms with E-state index in [4.69, 9.17) is 43.5 Å². The van der Waals surface area contributed by atoms with Crippen molar-refractivity contribution in [1.82, 2.24) is 9.97 Å². The number of aromatic nitrogens is 2. The Bertz CT molecular complexity index is 840. The minimum Gasteiger partial charge on any atom is -0.478 e. The van der Waals surface area contributed by atoms with Crippen LogP contribution in [0.25, 0.3) is 0 Å². The molecule has 0 unspecified atom stereocenters. The van der Waals surface area contributed by atoms with Crippen LogP contribution in [-0.2, 0) is 10.0 Å². The SMILES string of the molecule is CCl.CO.COc1nc(OCCN)cnc1NS(=O)(=O)c1cccc(Cl)c1Cl. The van der Waals surface area contributed by atoms with E-state index in [0.717, 1.165) is 7.11 Å². The highest BCUT2D eigenvalue weighted by Gasteiger charge is 2.22. The lowest BCUT2D eigenvalue weighted by Crippen LogP contribution is -2.16. The molecule has 0 amide bonds. The summed E-state index contributed by atoms with van der Waals surface area (Å²) in [5, 5.41) is 7.02. The highest BCUT2D eigenvalue weighted by atomic mass is 35.5. The van der Waals surface area contributed by atoms with Gasteiger partial charge in [-0.15, -0.1) is 11.6 Å². The molecular formula is C15H21Cl3N4O5S. The molecule has 9 nitrogen and oxygen atoms in total. The largest absolute Gasteiger partial charge is 0.478 e. The predicted molar refractivity (Wildman–Crippen MR) is 110 cm³/mol. The van der Waals surface area contributed by atoms with Gasteiger partial charge in [-0.25, -0.2) is 13.4 Å². The first-order valence-electron chi connectivity index (χ1n) is 7.42. The number of halogens is 3. The van der Waals surface area contributed by atoms with Crippen molar-refractivity contribution in [3.8, 4) is 11.8 Å². The van der Waals surface area contributed by atoms with E-state index in [2.05, 4.69) is 26.3 Å². The second-order valence-electron chi connectivity index (χ2n) is 4.36. The summed E-state index contributed by atoms with van der Waals surface area (Å²) in [6, 6.07) is 4.26. The van der Waals surface area contributed by atoms with Crippen molar-refractivity contribution in [3.63, 3.8) is 0 Å². The summed E-state index contributed by atoms with van der Waals surface area (Å²) in [4.78, 5) is 7.75. The molecule has 0 bridgehead atoms. The molecule has 0 aliphatic rings. The molecule has 0 saturated heterocycles. The first kappa shape index (κ1) is 26.4. The van der Waals surface area contributed by atoms with Crippen LogP contribution in [0.15, 0.2) is 29.3 Å². The minimum absolute atomic E-state index is 0.0637. The van der Waals surface area contributed by atoms with Crippen LogP contribution in [0.3, 0.4) is 0 Å². The summed E-state index contributed by atoms with van der Waals surface area (Å²) in [6.45, 7) is 0.534. The van der Waals surface area contributed by atoms with Crippen LogP contribution in [0, 0.1) is 0 Å². The number of methoxy groups -OCH3 is 1. The number of nitrogens with two attached hydrogens (primary N) is 1. The number of aliphatic hydroxyl groups excluding tert-OH is 1. The predicted octanol–water partition coefficient (Wildman–Crippen LogP) is 2.39. The fourth-order valence-electron chi connectivity index (χ4n) is 1.68. The van der Waals surface area contributed by atoms with E-state index in [1.807, 2.05) is 0 Å².